The molecule has 0 aliphatic heterocycles. The van der Waals surface area contributed by atoms with Gasteiger partial charge in [-0.15, -0.1) is 0 Å². The molecule has 2 N–H and O–H groups in total. The van der Waals surface area contributed by atoms with E-state index >= 15 is 0 Å². The van der Waals surface area contributed by atoms with Gasteiger partial charge in [-0.05, 0) is 25.1 Å². The molecule has 0 aromatic heterocycles. The number of methoxy groups -OCH3 is 1. The van der Waals surface area contributed by atoms with Crippen LogP contribution in [0.15, 0.2) is 18.2 Å². The normalized spacial score (nSPS) is 11.8. The molecule has 7 heteroatoms. The third-order valence-electron chi connectivity index (χ3n) is 2.49. The van der Waals surface area contributed by atoms with Crippen LogP contribution in [0.1, 0.15) is 18.5 Å². The molecule has 0 heterocycles. The summed E-state index contributed by atoms with van der Waals surface area (Å²) in [5.74, 6) is -1.64. The van der Waals surface area contributed by atoms with E-state index in [1.54, 1.807) is 6.92 Å². The molecule has 110 valence electrons. The lowest BCUT2D eigenvalue weighted by Crippen LogP contribution is -2.31. The monoisotopic (exact) mass is 285 g/mol. The van der Waals surface area contributed by atoms with Crippen LogP contribution in [0.2, 0.25) is 0 Å². The van der Waals surface area contributed by atoms with Crippen LogP contribution in [0.5, 0.6) is 5.75 Å². The van der Waals surface area contributed by atoms with Gasteiger partial charge in [0.15, 0.2) is 0 Å². The summed E-state index contributed by atoms with van der Waals surface area (Å²) in [6.45, 7) is 0.728. The first kappa shape index (κ1) is 15.9. The molecule has 0 radical (unpaired) electrons. The summed E-state index contributed by atoms with van der Waals surface area (Å²) in [6, 6.07) is 3.49. The molecule has 0 saturated carbocycles. The Morgan fingerprint density at radius 3 is 2.70 bits per heavy atom. The smallest absolute Gasteiger partial charge is 0.329 e. The summed E-state index contributed by atoms with van der Waals surface area (Å²) in [5.41, 5.74) is 0.485. The van der Waals surface area contributed by atoms with E-state index in [1.807, 2.05) is 0 Å². The number of hydrogen-bond acceptors (Lipinski definition) is 4. The van der Waals surface area contributed by atoms with Crippen molar-refractivity contribution >= 4 is 11.9 Å². The molecule has 0 fully saturated rings. The summed E-state index contributed by atoms with van der Waals surface area (Å²) in [5, 5.41) is 10.9. The number of nitrogens with one attached hydrogen (secondary N) is 1. The maximum atomic E-state index is 13.2. The number of hydrogen-bond donors (Lipinski definition) is 2. The predicted octanol–water partition coefficient (Wildman–Crippen LogP) is 1.11. The van der Waals surface area contributed by atoms with Gasteiger partial charge in [-0.3, -0.25) is 4.79 Å². The second-order valence-corrected chi connectivity index (χ2v) is 4.06. The Labute approximate surface area is 115 Å². The van der Waals surface area contributed by atoms with E-state index in [-0.39, 0.29) is 6.61 Å². The van der Waals surface area contributed by atoms with Crippen molar-refractivity contribution in [3.05, 3.63) is 29.6 Å². The Balaban J connectivity index is 2.61. The van der Waals surface area contributed by atoms with Gasteiger partial charge in [0.05, 0.1) is 13.2 Å². The first-order valence-electron chi connectivity index (χ1n) is 5.86. The first-order valence-corrected chi connectivity index (χ1v) is 5.86. The van der Waals surface area contributed by atoms with Gasteiger partial charge in [0.25, 0.3) is 0 Å². The Morgan fingerprint density at radius 1 is 1.40 bits per heavy atom. The molecule has 1 rings (SSSR count). The summed E-state index contributed by atoms with van der Waals surface area (Å²) in [7, 11) is 1.45. The third kappa shape index (κ3) is 4.85. The van der Waals surface area contributed by atoms with Crippen molar-refractivity contribution in [1.29, 1.82) is 0 Å². The van der Waals surface area contributed by atoms with Crippen molar-refractivity contribution in [2.45, 2.75) is 13.0 Å². The second-order valence-electron chi connectivity index (χ2n) is 4.06. The van der Waals surface area contributed by atoms with Crippen molar-refractivity contribution in [2.75, 3.05) is 20.3 Å². The number of carbonyl (C=O) groups excluding carboxylic acids is 1. The van der Waals surface area contributed by atoms with E-state index in [0.717, 1.165) is 0 Å². The van der Waals surface area contributed by atoms with Crippen molar-refractivity contribution in [3.8, 4) is 5.75 Å². The summed E-state index contributed by atoms with van der Waals surface area (Å²) in [4.78, 5) is 21.8. The summed E-state index contributed by atoms with van der Waals surface area (Å²) < 4.78 is 23.0. The van der Waals surface area contributed by atoms with Crippen LogP contribution in [0.25, 0.3) is 0 Å². The highest BCUT2D eigenvalue weighted by atomic mass is 19.1. The molecule has 20 heavy (non-hydrogen) atoms. The molecule has 0 aliphatic rings. The number of halogens is 1. The molecule has 1 unspecified atom stereocenters. The van der Waals surface area contributed by atoms with Gasteiger partial charge in [-0.1, -0.05) is 0 Å². The quantitative estimate of drug-likeness (QED) is 0.784. The highest BCUT2D eigenvalue weighted by Gasteiger charge is 2.15. The number of carbonyl (C=O) groups is 2. The molecule has 1 aromatic rings. The fourth-order valence-electron chi connectivity index (χ4n) is 1.64. The topological polar surface area (TPSA) is 84.9 Å². The standard InChI is InChI=1S/C13H16FNO5/c1-8(15-12(16)6-20-7-13(17)18)10-5-9(14)3-4-11(10)19-2/h3-5,8H,6-7H2,1-2H3,(H,15,16)(H,17,18). The average molecular weight is 285 g/mol. The van der Waals surface area contributed by atoms with Crippen LogP contribution in [-0.2, 0) is 14.3 Å². The minimum absolute atomic E-state index is 0.381. The lowest BCUT2D eigenvalue weighted by atomic mass is 10.1. The molecule has 6 nitrogen and oxygen atoms in total. The number of benzene rings is 1. The molecule has 0 spiro atoms. The van der Waals surface area contributed by atoms with Crippen molar-refractivity contribution in [1.82, 2.24) is 5.32 Å². The van der Waals surface area contributed by atoms with Gasteiger partial charge in [-0.25, -0.2) is 9.18 Å². The van der Waals surface area contributed by atoms with Gasteiger partial charge in [-0.2, -0.15) is 0 Å². The van der Waals surface area contributed by atoms with Crippen molar-refractivity contribution in [3.63, 3.8) is 0 Å². The molecule has 1 amide bonds. The van der Waals surface area contributed by atoms with Gasteiger partial charge in [0, 0.05) is 5.56 Å². The lowest BCUT2D eigenvalue weighted by Gasteiger charge is -2.17. The van der Waals surface area contributed by atoms with Crippen LogP contribution in [0.3, 0.4) is 0 Å². The third-order valence-corrected chi connectivity index (χ3v) is 2.49. The van der Waals surface area contributed by atoms with E-state index in [9.17, 15) is 14.0 Å². The highest BCUT2D eigenvalue weighted by molar-refractivity contribution is 5.78. The fourth-order valence-corrected chi connectivity index (χ4v) is 1.64. The number of amides is 1. The van der Waals surface area contributed by atoms with E-state index in [4.69, 9.17) is 9.84 Å². The van der Waals surface area contributed by atoms with Gasteiger partial charge >= 0.3 is 5.97 Å². The number of ether oxygens (including phenoxy) is 2. The molecular formula is C13H16FNO5. The lowest BCUT2D eigenvalue weighted by molar-refractivity contribution is -0.143. The average Bonchev–Trinajstić information content (AvgIpc) is 2.38. The predicted molar refractivity (Wildman–Crippen MR) is 68.0 cm³/mol. The van der Waals surface area contributed by atoms with E-state index in [0.29, 0.717) is 11.3 Å². The Bertz CT molecular complexity index is 492. The van der Waals surface area contributed by atoms with Crippen LogP contribution < -0.4 is 10.1 Å². The maximum Gasteiger partial charge on any atom is 0.329 e. The van der Waals surface area contributed by atoms with Crippen LogP contribution in [0, 0.1) is 5.82 Å². The fraction of sp³-hybridized carbons (Fsp3) is 0.385. The van der Waals surface area contributed by atoms with Crippen LogP contribution >= 0.6 is 0 Å². The zero-order chi connectivity index (χ0) is 15.1. The largest absolute Gasteiger partial charge is 0.496 e. The Hall–Kier alpha value is -2.15. The summed E-state index contributed by atoms with van der Waals surface area (Å²) >= 11 is 0. The number of carboxylic acid groups (broad SMARTS) is 1. The minimum Gasteiger partial charge on any atom is -0.496 e. The SMILES string of the molecule is COc1ccc(F)cc1C(C)NC(=O)COCC(=O)O. The van der Waals surface area contributed by atoms with Gasteiger partial charge in [0.2, 0.25) is 5.91 Å². The number of rotatable bonds is 7. The van der Waals surface area contributed by atoms with Gasteiger partial charge < -0.3 is 19.9 Å². The molecule has 0 aliphatic carbocycles. The summed E-state index contributed by atoms with van der Waals surface area (Å²) in [6.07, 6.45) is 0. The molecule has 0 saturated heterocycles. The maximum absolute atomic E-state index is 13.2. The zero-order valence-corrected chi connectivity index (χ0v) is 11.2. The molecular weight excluding hydrogens is 269 g/mol. The van der Waals surface area contributed by atoms with E-state index < -0.39 is 30.3 Å². The second kappa shape index (κ2) is 7.44. The molecule has 1 atom stereocenters. The zero-order valence-electron chi connectivity index (χ0n) is 11.2. The van der Waals surface area contributed by atoms with Crippen molar-refractivity contribution < 1.29 is 28.6 Å². The number of carboxylic acids is 1. The molecule has 0 bridgehead atoms. The van der Waals surface area contributed by atoms with E-state index in [2.05, 4.69) is 10.1 Å². The Morgan fingerprint density at radius 2 is 2.10 bits per heavy atom. The minimum atomic E-state index is -1.15. The van der Waals surface area contributed by atoms with Gasteiger partial charge in [0.1, 0.15) is 24.8 Å². The van der Waals surface area contributed by atoms with Crippen LogP contribution in [-0.4, -0.2) is 37.3 Å². The highest BCUT2D eigenvalue weighted by Crippen LogP contribution is 2.25. The van der Waals surface area contributed by atoms with E-state index in [1.165, 1.54) is 25.3 Å². The van der Waals surface area contributed by atoms with Crippen LogP contribution in [0.4, 0.5) is 4.39 Å². The van der Waals surface area contributed by atoms with Crippen molar-refractivity contribution in [2.24, 2.45) is 0 Å². The number of aliphatic carboxylic acids is 1. The Kier molecular flexibility index (Phi) is 5.92. The first-order chi connectivity index (χ1) is 9.43. The molecule has 1 aromatic carbocycles.